The Labute approximate surface area is 154 Å². The second-order valence-electron chi connectivity index (χ2n) is 6.66. The van der Waals surface area contributed by atoms with Crippen molar-refractivity contribution in [3.63, 3.8) is 0 Å². The molecule has 1 heterocycles. The standard InChI is InChI=1S/C19H27N5O2/c1-12(2)18(20)19(26)22-11-17(25)21-10-16-13(3)23-24(14(16)4)15-8-6-5-7-9-15/h5-9,12,18H,10-11,20H2,1-4H3,(H,21,25)(H,22,26)/t18-/m0/s1. The predicted octanol–water partition coefficient (Wildman–Crippen LogP) is 1.20. The van der Waals surface area contributed by atoms with Crippen LogP contribution in [-0.4, -0.2) is 34.2 Å². The SMILES string of the molecule is Cc1nn(-c2ccccc2)c(C)c1CNC(=O)CNC(=O)[C@@H](N)C(C)C. The van der Waals surface area contributed by atoms with E-state index in [1.54, 1.807) is 0 Å². The number of carbonyl (C=O) groups excluding carboxylic acids is 2. The van der Waals surface area contributed by atoms with Gasteiger partial charge in [0, 0.05) is 17.8 Å². The van der Waals surface area contributed by atoms with E-state index in [-0.39, 0.29) is 24.3 Å². The van der Waals surface area contributed by atoms with Gasteiger partial charge in [-0.05, 0) is 31.9 Å². The number of amides is 2. The Morgan fingerprint density at radius 1 is 1.15 bits per heavy atom. The Balaban J connectivity index is 1.94. The summed E-state index contributed by atoms with van der Waals surface area (Å²) >= 11 is 0. The van der Waals surface area contributed by atoms with Crippen LogP contribution in [0.2, 0.25) is 0 Å². The van der Waals surface area contributed by atoms with Crippen molar-refractivity contribution < 1.29 is 9.59 Å². The van der Waals surface area contributed by atoms with E-state index < -0.39 is 6.04 Å². The third-order valence-electron chi connectivity index (χ3n) is 4.35. The number of aryl methyl sites for hydroxylation is 1. The molecule has 0 radical (unpaired) electrons. The van der Waals surface area contributed by atoms with Crippen molar-refractivity contribution in [3.05, 3.63) is 47.3 Å². The molecule has 140 valence electrons. The summed E-state index contributed by atoms with van der Waals surface area (Å²) in [4.78, 5) is 23.8. The van der Waals surface area contributed by atoms with Crippen LogP contribution >= 0.6 is 0 Å². The quantitative estimate of drug-likeness (QED) is 0.693. The molecular weight excluding hydrogens is 330 g/mol. The molecule has 2 aromatic rings. The van der Waals surface area contributed by atoms with E-state index in [4.69, 9.17) is 5.73 Å². The lowest BCUT2D eigenvalue weighted by Crippen LogP contribution is -2.47. The monoisotopic (exact) mass is 357 g/mol. The first kappa shape index (κ1) is 19.7. The zero-order chi connectivity index (χ0) is 19.3. The summed E-state index contributed by atoms with van der Waals surface area (Å²) in [5, 5.41) is 9.94. The van der Waals surface area contributed by atoms with E-state index in [9.17, 15) is 9.59 Å². The highest BCUT2D eigenvalue weighted by molar-refractivity contribution is 5.87. The van der Waals surface area contributed by atoms with Gasteiger partial charge in [0.1, 0.15) is 0 Å². The largest absolute Gasteiger partial charge is 0.350 e. The van der Waals surface area contributed by atoms with E-state index in [2.05, 4.69) is 15.7 Å². The second-order valence-corrected chi connectivity index (χ2v) is 6.66. The number of hydrogen-bond donors (Lipinski definition) is 3. The Hall–Kier alpha value is -2.67. The zero-order valence-corrected chi connectivity index (χ0v) is 15.7. The normalized spacial score (nSPS) is 12.1. The highest BCUT2D eigenvalue weighted by Crippen LogP contribution is 2.17. The van der Waals surface area contributed by atoms with Gasteiger partial charge in [-0.25, -0.2) is 4.68 Å². The summed E-state index contributed by atoms with van der Waals surface area (Å²) in [6.07, 6.45) is 0. The first-order valence-electron chi connectivity index (χ1n) is 8.71. The van der Waals surface area contributed by atoms with E-state index in [0.717, 1.165) is 22.6 Å². The van der Waals surface area contributed by atoms with Gasteiger partial charge in [-0.3, -0.25) is 9.59 Å². The molecule has 1 atom stereocenters. The van der Waals surface area contributed by atoms with Crippen LogP contribution in [0.25, 0.3) is 5.69 Å². The summed E-state index contributed by atoms with van der Waals surface area (Å²) in [5.74, 6) is -0.563. The molecule has 0 unspecified atom stereocenters. The molecule has 1 aromatic heterocycles. The van der Waals surface area contributed by atoms with E-state index in [0.29, 0.717) is 6.54 Å². The van der Waals surface area contributed by atoms with Gasteiger partial charge in [0.15, 0.2) is 0 Å². The molecule has 0 saturated carbocycles. The van der Waals surface area contributed by atoms with Gasteiger partial charge in [0.25, 0.3) is 0 Å². The van der Waals surface area contributed by atoms with Crippen molar-refractivity contribution in [1.29, 1.82) is 0 Å². The number of rotatable bonds is 7. The molecule has 7 heteroatoms. The molecule has 0 aliphatic rings. The summed E-state index contributed by atoms with van der Waals surface area (Å²) in [7, 11) is 0. The lowest BCUT2D eigenvalue weighted by Gasteiger charge is -2.15. The predicted molar refractivity (Wildman–Crippen MR) is 101 cm³/mol. The van der Waals surface area contributed by atoms with Crippen LogP contribution in [0, 0.1) is 19.8 Å². The zero-order valence-electron chi connectivity index (χ0n) is 15.7. The van der Waals surface area contributed by atoms with Gasteiger partial charge in [-0.15, -0.1) is 0 Å². The molecule has 2 rings (SSSR count). The van der Waals surface area contributed by atoms with Crippen LogP contribution in [0.3, 0.4) is 0 Å². The maximum absolute atomic E-state index is 12.0. The number of benzene rings is 1. The summed E-state index contributed by atoms with van der Waals surface area (Å²) in [6, 6.07) is 9.21. The molecule has 0 spiro atoms. The lowest BCUT2D eigenvalue weighted by molar-refractivity contribution is -0.127. The van der Waals surface area contributed by atoms with Crippen molar-refractivity contribution in [2.45, 2.75) is 40.3 Å². The Morgan fingerprint density at radius 3 is 2.42 bits per heavy atom. The van der Waals surface area contributed by atoms with E-state index in [1.807, 2.05) is 62.7 Å². The Kier molecular flexibility index (Phi) is 6.52. The molecule has 4 N–H and O–H groups in total. The number of aromatic nitrogens is 2. The summed E-state index contributed by atoms with van der Waals surface area (Å²) in [5.41, 5.74) is 9.52. The molecule has 0 aliphatic carbocycles. The molecule has 1 aromatic carbocycles. The minimum Gasteiger partial charge on any atom is -0.350 e. The van der Waals surface area contributed by atoms with Crippen molar-refractivity contribution in [2.24, 2.45) is 11.7 Å². The minimum absolute atomic E-state index is 0.0205. The van der Waals surface area contributed by atoms with Gasteiger partial charge >= 0.3 is 0 Å². The Morgan fingerprint density at radius 2 is 1.81 bits per heavy atom. The summed E-state index contributed by atoms with van der Waals surface area (Å²) < 4.78 is 1.86. The first-order valence-corrected chi connectivity index (χ1v) is 8.71. The van der Waals surface area contributed by atoms with E-state index >= 15 is 0 Å². The van der Waals surface area contributed by atoms with Crippen molar-refractivity contribution >= 4 is 11.8 Å². The number of nitrogens with one attached hydrogen (secondary N) is 2. The fourth-order valence-corrected chi connectivity index (χ4v) is 2.59. The maximum Gasteiger partial charge on any atom is 0.239 e. The maximum atomic E-state index is 12.0. The van der Waals surface area contributed by atoms with Crippen LogP contribution in [0.1, 0.15) is 30.8 Å². The van der Waals surface area contributed by atoms with Gasteiger partial charge in [-0.2, -0.15) is 5.10 Å². The van der Waals surface area contributed by atoms with E-state index in [1.165, 1.54) is 0 Å². The number of nitrogens with two attached hydrogens (primary N) is 1. The molecule has 7 nitrogen and oxygen atoms in total. The van der Waals surface area contributed by atoms with Crippen LogP contribution < -0.4 is 16.4 Å². The van der Waals surface area contributed by atoms with Gasteiger partial charge in [0.05, 0.1) is 24.0 Å². The number of hydrogen-bond acceptors (Lipinski definition) is 4. The molecule has 0 bridgehead atoms. The van der Waals surface area contributed by atoms with Gasteiger partial charge < -0.3 is 16.4 Å². The number of para-hydroxylation sites is 1. The van der Waals surface area contributed by atoms with Crippen molar-refractivity contribution in [1.82, 2.24) is 20.4 Å². The molecule has 2 amide bonds. The van der Waals surface area contributed by atoms with Crippen molar-refractivity contribution in [3.8, 4) is 5.69 Å². The summed E-state index contributed by atoms with van der Waals surface area (Å²) in [6.45, 7) is 7.87. The number of carbonyl (C=O) groups is 2. The molecule has 0 aliphatic heterocycles. The smallest absolute Gasteiger partial charge is 0.239 e. The number of nitrogens with zero attached hydrogens (tertiary/aromatic N) is 2. The average molecular weight is 357 g/mol. The van der Waals surface area contributed by atoms with Gasteiger partial charge in [0.2, 0.25) is 11.8 Å². The second kappa shape index (κ2) is 8.62. The fourth-order valence-electron chi connectivity index (χ4n) is 2.59. The van der Waals surface area contributed by atoms with Crippen molar-refractivity contribution in [2.75, 3.05) is 6.54 Å². The lowest BCUT2D eigenvalue weighted by atomic mass is 10.1. The fraction of sp³-hybridized carbons (Fsp3) is 0.421. The molecular formula is C19H27N5O2. The topological polar surface area (TPSA) is 102 Å². The molecule has 0 saturated heterocycles. The van der Waals surface area contributed by atoms with Crippen LogP contribution in [0.15, 0.2) is 30.3 Å². The van der Waals surface area contributed by atoms with Crippen LogP contribution in [0.4, 0.5) is 0 Å². The Bertz CT molecular complexity index is 768. The minimum atomic E-state index is -0.614. The third-order valence-corrected chi connectivity index (χ3v) is 4.35. The average Bonchev–Trinajstić information content (AvgIpc) is 2.91. The first-order chi connectivity index (χ1) is 12.3. The van der Waals surface area contributed by atoms with Crippen LogP contribution in [0.5, 0.6) is 0 Å². The highest BCUT2D eigenvalue weighted by atomic mass is 16.2. The van der Waals surface area contributed by atoms with Crippen LogP contribution in [-0.2, 0) is 16.1 Å². The molecule has 26 heavy (non-hydrogen) atoms. The highest BCUT2D eigenvalue weighted by Gasteiger charge is 2.18. The third kappa shape index (κ3) is 4.70. The molecule has 0 fully saturated rings. The van der Waals surface area contributed by atoms with Gasteiger partial charge in [-0.1, -0.05) is 32.0 Å².